The molecule has 0 aliphatic carbocycles. The quantitative estimate of drug-likeness (QED) is 0.233. The predicted octanol–water partition coefficient (Wildman–Crippen LogP) is 4.63. The number of rotatable bonds is 10. The zero-order chi connectivity index (χ0) is 26.3. The molecule has 4 rings (SSSR count). The third kappa shape index (κ3) is 7.23. The van der Waals surface area contributed by atoms with Gasteiger partial charge in [0.1, 0.15) is 4.21 Å². The molecule has 0 saturated heterocycles. The summed E-state index contributed by atoms with van der Waals surface area (Å²) < 4.78 is 28.7. The van der Waals surface area contributed by atoms with Crippen LogP contribution in [0.15, 0.2) is 95.5 Å². The Labute approximate surface area is 218 Å². The molecule has 0 spiro atoms. The number of amides is 2. The summed E-state index contributed by atoms with van der Waals surface area (Å²) in [5.74, 6) is -1.11. The van der Waals surface area contributed by atoms with E-state index in [1.807, 2.05) is 6.07 Å². The lowest BCUT2D eigenvalue weighted by Crippen LogP contribution is -2.29. The molecule has 2 amide bonds. The molecule has 0 radical (unpaired) electrons. The van der Waals surface area contributed by atoms with Crippen molar-refractivity contribution < 1.29 is 23.1 Å². The predicted molar refractivity (Wildman–Crippen MR) is 142 cm³/mol. The van der Waals surface area contributed by atoms with Gasteiger partial charge in [-0.05, 0) is 47.0 Å². The van der Waals surface area contributed by atoms with Gasteiger partial charge in [-0.25, -0.2) is 17.9 Å². The van der Waals surface area contributed by atoms with Gasteiger partial charge >= 0.3 is 12.0 Å². The highest BCUT2D eigenvalue weighted by molar-refractivity contribution is 7.91. The SMILES string of the molecule is O=C(O)CC(NS(=O)(=O)c1ccc(-c2ccc(NC(=O)NCc3cccnc3)cc2)s1)c1ccccc1. The van der Waals surface area contributed by atoms with Crippen LogP contribution in [0.2, 0.25) is 0 Å². The Kier molecular flexibility index (Phi) is 8.29. The molecule has 2 aromatic carbocycles. The van der Waals surface area contributed by atoms with Crippen LogP contribution >= 0.6 is 11.3 Å². The Morgan fingerprint density at radius 2 is 1.70 bits per heavy atom. The van der Waals surface area contributed by atoms with E-state index in [0.717, 1.165) is 22.5 Å². The van der Waals surface area contributed by atoms with E-state index in [4.69, 9.17) is 0 Å². The van der Waals surface area contributed by atoms with E-state index in [-0.39, 0.29) is 16.7 Å². The number of hydrogen-bond donors (Lipinski definition) is 4. The van der Waals surface area contributed by atoms with Crippen LogP contribution < -0.4 is 15.4 Å². The van der Waals surface area contributed by atoms with Gasteiger partial charge in [0.25, 0.3) is 10.0 Å². The molecular weight excluding hydrogens is 512 g/mol. The summed E-state index contributed by atoms with van der Waals surface area (Å²) in [4.78, 5) is 28.2. The topological polar surface area (TPSA) is 137 Å². The molecule has 4 N–H and O–H groups in total. The molecule has 2 heterocycles. The van der Waals surface area contributed by atoms with Crippen LogP contribution in [0.1, 0.15) is 23.6 Å². The van der Waals surface area contributed by atoms with Crippen LogP contribution in [-0.2, 0) is 21.4 Å². The first-order valence-corrected chi connectivity index (χ1v) is 13.5. The van der Waals surface area contributed by atoms with Gasteiger partial charge in [0.05, 0.1) is 12.5 Å². The van der Waals surface area contributed by atoms with Crippen LogP contribution in [0.5, 0.6) is 0 Å². The first kappa shape index (κ1) is 26.0. The normalized spacial score (nSPS) is 12.0. The van der Waals surface area contributed by atoms with Crippen LogP contribution in [0.3, 0.4) is 0 Å². The standard InChI is InChI=1S/C26H24N4O5S2/c31-24(32)15-22(19-6-2-1-3-7-19)30-37(34,35)25-13-12-23(36-25)20-8-10-21(11-9-20)29-26(33)28-17-18-5-4-14-27-16-18/h1-14,16,22,30H,15,17H2,(H,31,32)(H2,28,29,33). The fourth-order valence-corrected chi connectivity index (χ4v) is 6.08. The van der Waals surface area contributed by atoms with Crippen molar-refractivity contribution in [1.29, 1.82) is 0 Å². The Bertz CT molecular complexity index is 1460. The number of anilines is 1. The van der Waals surface area contributed by atoms with E-state index in [9.17, 15) is 23.1 Å². The Morgan fingerprint density at radius 1 is 0.946 bits per heavy atom. The highest BCUT2D eigenvalue weighted by Gasteiger charge is 2.25. The van der Waals surface area contributed by atoms with Crippen molar-refractivity contribution in [2.24, 2.45) is 0 Å². The first-order chi connectivity index (χ1) is 17.8. The smallest absolute Gasteiger partial charge is 0.319 e. The summed E-state index contributed by atoms with van der Waals surface area (Å²) in [5.41, 5.74) is 2.80. The van der Waals surface area contributed by atoms with Gasteiger partial charge in [0, 0.05) is 29.5 Å². The molecule has 0 bridgehead atoms. The number of nitrogens with one attached hydrogen (secondary N) is 3. The minimum atomic E-state index is -3.96. The number of aromatic nitrogens is 1. The maximum atomic E-state index is 13.0. The van der Waals surface area contributed by atoms with Crippen LogP contribution in [0.4, 0.5) is 10.5 Å². The number of hydrogen-bond acceptors (Lipinski definition) is 6. The number of sulfonamides is 1. The summed E-state index contributed by atoms with van der Waals surface area (Å²) in [5, 5.41) is 14.8. The molecular formula is C26H24N4O5S2. The second-order valence-corrected chi connectivity index (χ2v) is 11.1. The number of carbonyl (C=O) groups is 2. The van der Waals surface area contributed by atoms with Crippen LogP contribution in [0, 0.1) is 0 Å². The molecule has 0 aliphatic heterocycles. The second-order valence-electron chi connectivity index (χ2n) is 8.05. The summed E-state index contributed by atoms with van der Waals surface area (Å²) in [6.45, 7) is 0.343. The van der Waals surface area contributed by atoms with E-state index in [1.54, 1.807) is 79.1 Å². The number of carboxylic acids is 1. The number of aliphatic carboxylic acids is 1. The molecule has 1 unspecified atom stereocenters. The van der Waals surface area contributed by atoms with Crippen molar-refractivity contribution in [3.63, 3.8) is 0 Å². The van der Waals surface area contributed by atoms with E-state index < -0.39 is 22.0 Å². The highest BCUT2D eigenvalue weighted by Crippen LogP contribution is 2.32. The zero-order valence-electron chi connectivity index (χ0n) is 19.5. The van der Waals surface area contributed by atoms with E-state index >= 15 is 0 Å². The molecule has 9 nitrogen and oxygen atoms in total. The van der Waals surface area contributed by atoms with Gasteiger partial charge in [0.15, 0.2) is 0 Å². The summed E-state index contributed by atoms with van der Waals surface area (Å²) in [6, 6.07) is 21.2. The highest BCUT2D eigenvalue weighted by atomic mass is 32.2. The fraction of sp³-hybridized carbons (Fsp3) is 0.115. The molecule has 4 aromatic rings. The second kappa shape index (κ2) is 11.8. The van der Waals surface area contributed by atoms with Crippen molar-refractivity contribution in [2.75, 3.05) is 5.32 Å². The van der Waals surface area contributed by atoms with Gasteiger partial charge in [-0.2, -0.15) is 0 Å². The van der Waals surface area contributed by atoms with Crippen molar-refractivity contribution in [1.82, 2.24) is 15.0 Å². The monoisotopic (exact) mass is 536 g/mol. The van der Waals surface area contributed by atoms with Gasteiger partial charge < -0.3 is 15.7 Å². The maximum absolute atomic E-state index is 13.0. The van der Waals surface area contributed by atoms with Crippen molar-refractivity contribution in [3.05, 3.63) is 102 Å². The summed E-state index contributed by atoms with van der Waals surface area (Å²) in [6.07, 6.45) is 2.95. The Balaban J connectivity index is 1.41. The number of nitrogens with zero attached hydrogens (tertiary/aromatic N) is 1. The van der Waals surface area contributed by atoms with Gasteiger partial charge in [-0.15, -0.1) is 11.3 Å². The van der Waals surface area contributed by atoms with Crippen molar-refractivity contribution in [3.8, 4) is 10.4 Å². The lowest BCUT2D eigenvalue weighted by molar-refractivity contribution is -0.137. The third-order valence-electron chi connectivity index (χ3n) is 5.33. The van der Waals surface area contributed by atoms with E-state index in [2.05, 4.69) is 20.3 Å². The zero-order valence-corrected chi connectivity index (χ0v) is 21.1. The molecule has 0 aliphatic rings. The number of benzene rings is 2. The molecule has 11 heteroatoms. The average molecular weight is 537 g/mol. The number of carboxylic acid groups (broad SMARTS) is 1. The van der Waals surface area contributed by atoms with Gasteiger partial charge in [-0.1, -0.05) is 48.5 Å². The molecule has 190 valence electrons. The van der Waals surface area contributed by atoms with Crippen molar-refractivity contribution in [2.45, 2.75) is 23.2 Å². The molecule has 1 atom stereocenters. The molecule has 2 aromatic heterocycles. The van der Waals surface area contributed by atoms with Crippen LogP contribution in [-0.4, -0.2) is 30.5 Å². The van der Waals surface area contributed by atoms with E-state index in [0.29, 0.717) is 22.7 Å². The number of thiophene rings is 1. The summed E-state index contributed by atoms with van der Waals surface area (Å²) >= 11 is 1.07. The number of pyridine rings is 1. The van der Waals surface area contributed by atoms with Crippen molar-refractivity contribution >= 4 is 39.0 Å². The Morgan fingerprint density at radius 3 is 2.38 bits per heavy atom. The fourth-order valence-electron chi connectivity index (χ4n) is 3.53. The number of carbonyl (C=O) groups excluding carboxylic acids is 1. The van der Waals surface area contributed by atoms with Gasteiger partial charge in [0.2, 0.25) is 0 Å². The Hall–Kier alpha value is -4.06. The van der Waals surface area contributed by atoms with E-state index in [1.165, 1.54) is 6.07 Å². The lowest BCUT2D eigenvalue weighted by Gasteiger charge is -2.16. The molecule has 0 fully saturated rings. The third-order valence-corrected chi connectivity index (χ3v) is 8.43. The average Bonchev–Trinajstić information content (AvgIpc) is 3.40. The molecule has 37 heavy (non-hydrogen) atoms. The summed E-state index contributed by atoms with van der Waals surface area (Å²) in [7, 11) is -3.96. The first-order valence-electron chi connectivity index (χ1n) is 11.2. The number of urea groups is 1. The maximum Gasteiger partial charge on any atom is 0.319 e. The van der Waals surface area contributed by atoms with Crippen LogP contribution in [0.25, 0.3) is 10.4 Å². The minimum Gasteiger partial charge on any atom is -0.481 e. The molecule has 0 saturated carbocycles. The van der Waals surface area contributed by atoms with Gasteiger partial charge in [-0.3, -0.25) is 9.78 Å². The lowest BCUT2D eigenvalue weighted by atomic mass is 10.1. The largest absolute Gasteiger partial charge is 0.481 e. The minimum absolute atomic E-state index is 0.0748.